The first kappa shape index (κ1) is 22.7. The largest absolute Gasteiger partial charge is 0.348 e. The minimum atomic E-state index is -0.318. The SMILES string of the molecule is CCn1cc(NC(=O)c2cc(-c3ccncc3)nc3ccccc23)c(C(=O)NC2CCCCC2)n1. The zero-order chi connectivity index (χ0) is 24.2. The van der Waals surface area contributed by atoms with E-state index >= 15 is 0 Å². The van der Waals surface area contributed by atoms with Crippen LogP contribution in [0.25, 0.3) is 22.2 Å². The molecule has 0 bridgehead atoms. The van der Waals surface area contributed by atoms with E-state index in [1.807, 2.05) is 43.3 Å². The second-order valence-electron chi connectivity index (χ2n) is 8.82. The Morgan fingerprint density at radius 2 is 1.80 bits per heavy atom. The number of para-hydroxylation sites is 1. The number of nitrogens with zero attached hydrogens (tertiary/aromatic N) is 4. The zero-order valence-electron chi connectivity index (χ0n) is 19.7. The summed E-state index contributed by atoms with van der Waals surface area (Å²) in [6, 6.07) is 13.2. The number of hydrogen-bond donors (Lipinski definition) is 2. The van der Waals surface area contributed by atoms with Crippen LogP contribution in [0.1, 0.15) is 59.9 Å². The van der Waals surface area contributed by atoms with Crippen LogP contribution in [0.15, 0.2) is 61.1 Å². The normalized spacial score (nSPS) is 14.1. The van der Waals surface area contributed by atoms with Gasteiger partial charge in [-0.1, -0.05) is 37.5 Å². The maximum atomic E-state index is 13.6. The van der Waals surface area contributed by atoms with Gasteiger partial charge in [0.15, 0.2) is 5.69 Å². The van der Waals surface area contributed by atoms with Gasteiger partial charge in [0.1, 0.15) is 0 Å². The molecule has 2 amide bonds. The highest BCUT2D eigenvalue weighted by Crippen LogP contribution is 2.26. The standard InChI is InChI=1S/C27H28N6O2/c1-2-33-17-24(25(32-33)27(35)29-19-8-4-3-5-9-19)31-26(34)21-16-23(18-12-14-28-15-13-18)30-22-11-7-6-10-20(21)22/h6-7,10-17,19H,2-5,8-9H2,1H3,(H,29,35)(H,31,34). The number of amides is 2. The van der Waals surface area contributed by atoms with Gasteiger partial charge in [0.25, 0.3) is 11.8 Å². The summed E-state index contributed by atoms with van der Waals surface area (Å²) in [5.74, 6) is -0.572. The van der Waals surface area contributed by atoms with Crippen molar-refractivity contribution in [3.05, 3.63) is 72.3 Å². The van der Waals surface area contributed by atoms with Gasteiger partial charge in [0, 0.05) is 42.1 Å². The number of nitrogens with one attached hydrogen (secondary N) is 2. The van der Waals surface area contributed by atoms with Gasteiger partial charge in [0.05, 0.1) is 22.5 Å². The van der Waals surface area contributed by atoms with E-state index in [1.165, 1.54) is 6.42 Å². The van der Waals surface area contributed by atoms with E-state index in [4.69, 9.17) is 4.98 Å². The van der Waals surface area contributed by atoms with Crippen LogP contribution in [0.3, 0.4) is 0 Å². The summed E-state index contributed by atoms with van der Waals surface area (Å²) in [6.45, 7) is 2.53. The Balaban J connectivity index is 1.47. The molecule has 3 aromatic heterocycles. The third-order valence-electron chi connectivity index (χ3n) is 6.43. The fraction of sp³-hybridized carbons (Fsp3) is 0.296. The van der Waals surface area contributed by atoms with Gasteiger partial charge in [0.2, 0.25) is 0 Å². The van der Waals surface area contributed by atoms with Crippen molar-refractivity contribution < 1.29 is 9.59 Å². The second kappa shape index (κ2) is 10.0. The maximum Gasteiger partial charge on any atom is 0.274 e. The van der Waals surface area contributed by atoms with Crippen molar-refractivity contribution in [2.75, 3.05) is 5.32 Å². The first-order chi connectivity index (χ1) is 17.1. The number of carbonyl (C=O) groups is 2. The summed E-state index contributed by atoms with van der Waals surface area (Å²) in [4.78, 5) is 35.4. The average molecular weight is 469 g/mol. The Labute approximate surface area is 203 Å². The molecule has 178 valence electrons. The van der Waals surface area contributed by atoms with E-state index in [0.29, 0.717) is 29.0 Å². The second-order valence-corrected chi connectivity index (χ2v) is 8.82. The fourth-order valence-electron chi connectivity index (χ4n) is 4.57. The molecule has 1 aliphatic carbocycles. The Morgan fingerprint density at radius 1 is 1.03 bits per heavy atom. The van der Waals surface area contributed by atoms with Crippen molar-refractivity contribution in [2.24, 2.45) is 0 Å². The summed E-state index contributed by atoms with van der Waals surface area (Å²) < 4.78 is 1.67. The van der Waals surface area contributed by atoms with Crippen molar-refractivity contribution in [1.82, 2.24) is 25.1 Å². The number of pyridine rings is 2. The third-order valence-corrected chi connectivity index (χ3v) is 6.43. The molecule has 8 nitrogen and oxygen atoms in total. The number of aryl methyl sites for hydroxylation is 1. The van der Waals surface area contributed by atoms with Crippen LogP contribution in [-0.4, -0.2) is 37.6 Å². The van der Waals surface area contributed by atoms with E-state index in [2.05, 4.69) is 20.7 Å². The molecule has 1 aromatic carbocycles. The first-order valence-corrected chi connectivity index (χ1v) is 12.1. The molecule has 0 aliphatic heterocycles. The van der Waals surface area contributed by atoms with Gasteiger partial charge in [-0.05, 0) is 44.0 Å². The summed E-state index contributed by atoms with van der Waals surface area (Å²) in [7, 11) is 0. The molecular weight excluding hydrogens is 440 g/mol. The van der Waals surface area contributed by atoms with Gasteiger partial charge in [-0.25, -0.2) is 4.98 Å². The molecule has 1 aliphatic rings. The van der Waals surface area contributed by atoms with Gasteiger partial charge < -0.3 is 10.6 Å². The number of carbonyl (C=O) groups excluding carboxylic acids is 2. The van der Waals surface area contributed by atoms with Crippen LogP contribution >= 0.6 is 0 Å². The molecular formula is C27H28N6O2. The predicted octanol–water partition coefficient (Wildman–Crippen LogP) is 4.83. The number of anilines is 1. The van der Waals surface area contributed by atoms with Crippen LogP contribution in [0.4, 0.5) is 5.69 Å². The van der Waals surface area contributed by atoms with E-state index in [0.717, 1.165) is 36.6 Å². The molecule has 1 fully saturated rings. The van der Waals surface area contributed by atoms with Crippen molar-refractivity contribution >= 4 is 28.4 Å². The van der Waals surface area contributed by atoms with Crippen LogP contribution in [0.5, 0.6) is 0 Å². The van der Waals surface area contributed by atoms with Gasteiger partial charge >= 0.3 is 0 Å². The quantitative estimate of drug-likeness (QED) is 0.422. The zero-order valence-corrected chi connectivity index (χ0v) is 19.7. The smallest absolute Gasteiger partial charge is 0.274 e. The maximum absolute atomic E-state index is 13.6. The van der Waals surface area contributed by atoms with E-state index in [-0.39, 0.29) is 23.6 Å². The van der Waals surface area contributed by atoms with Crippen LogP contribution < -0.4 is 10.6 Å². The van der Waals surface area contributed by atoms with Crippen LogP contribution in [0.2, 0.25) is 0 Å². The summed E-state index contributed by atoms with van der Waals surface area (Å²) in [5.41, 5.74) is 3.37. The average Bonchev–Trinajstić information content (AvgIpc) is 3.32. The van der Waals surface area contributed by atoms with Crippen molar-refractivity contribution in [2.45, 2.75) is 51.6 Å². The van der Waals surface area contributed by atoms with Crippen LogP contribution in [-0.2, 0) is 6.54 Å². The van der Waals surface area contributed by atoms with Crippen LogP contribution in [0, 0.1) is 0 Å². The van der Waals surface area contributed by atoms with Crippen molar-refractivity contribution in [1.29, 1.82) is 0 Å². The Kier molecular flexibility index (Phi) is 6.52. The number of aromatic nitrogens is 4. The molecule has 4 aromatic rings. The van der Waals surface area contributed by atoms with Gasteiger partial charge in [-0.2, -0.15) is 5.10 Å². The third kappa shape index (κ3) is 4.91. The molecule has 0 atom stereocenters. The molecule has 35 heavy (non-hydrogen) atoms. The highest BCUT2D eigenvalue weighted by atomic mass is 16.2. The summed E-state index contributed by atoms with van der Waals surface area (Å²) >= 11 is 0. The lowest BCUT2D eigenvalue weighted by molar-refractivity contribution is 0.0922. The molecule has 0 unspecified atom stereocenters. The molecule has 2 N–H and O–H groups in total. The predicted molar refractivity (Wildman–Crippen MR) is 135 cm³/mol. The Hall–Kier alpha value is -4.07. The summed E-state index contributed by atoms with van der Waals surface area (Å²) in [6.07, 6.45) is 10.5. The molecule has 0 radical (unpaired) electrons. The van der Waals surface area contributed by atoms with Crippen molar-refractivity contribution in [3.63, 3.8) is 0 Å². The van der Waals surface area contributed by atoms with E-state index < -0.39 is 0 Å². The number of rotatable bonds is 6. The Bertz CT molecular complexity index is 1360. The molecule has 3 heterocycles. The first-order valence-electron chi connectivity index (χ1n) is 12.1. The molecule has 5 rings (SSSR count). The lowest BCUT2D eigenvalue weighted by atomic mass is 9.95. The minimum absolute atomic E-state index is 0.152. The topological polar surface area (TPSA) is 102 Å². The van der Waals surface area contributed by atoms with E-state index in [1.54, 1.807) is 29.3 Å². The lowest BCUT2D eigenvalue weighted by Gasteiger charge is -2.22. The monoisotopic (exact) mass is 468 g/mol. The van der Waals surface area contributed by atoms with E-state index in [9.17, 15) is 9.59 Å². The van der Waals surface area contributed by atoms with Crippen molar-refractivity contribution in [3.8, 4) is 11.3 Å². The molecule has 8 heteroatoms. The minimum Gasteiger partial charge on any atom is -0.348 e. The highest BCUT2D eigenvalue weighted by molar-refractivity contribution is 6.14. The molecule has 0 saturated heterocycles. The van der Waals surface area contributed by atoms with Gasteiger partial charge in [-0.3, -0.25) is 19.3 Å². The number of benzene rings is 1. The highest BCUT2D eigenvalue weighted by Gasteiger charge is 2.23. The Morgan fingerprint density at radius 3 is 2.57 bits per heavy atom. The number of fused-ring (bicyclic) bond motifs is 1. The number of hydrogen-bond acceptors (Lipinski definition) is 5. The lowest BCUT2D eigenvalue weighted by Crippen LogP contribution is -2.36. The molecule has 0 spiro atoms. The summed E-state index contributed by atoms with van der Waals surface area (Å²) in [5, 5.41) is 11.2. The van der Waals surface area contributed by atoms with Gasteiger partial charge in [-0.15, -0.1) is 0 Å². The molecule has 1 saturated carbocycles. The fourth-order valence-corrected chi connectivity index (χ4v) is 4.57.